The van der Waals surface area contributed by atoms with Crippen LogP contribution in [0.4, 0.5) is 5.69 Å². The van der Waals surface area contributed by atoms with Crippen molar-refractivity contribution < 1.29 is 17.9 Å². The molecule has 0 aliphatic rings. The molecule has 0 bridgehead atoms. The van der Waals surface area contributed by atoms with Gasteiger partial charge in [-0.25, -0.2) is 13.2 Å². The fourth-order valence-corrected chi connectivity index (χ4v) is 3.88. The van der Waals surface area contributed by atoms with Crippen molar-refractivity contribution in [3.05, 3.63) is 95.6 Å². The van der Waals surface area contributed by atoms with E-state index in [0.29, 0.717) is 5.69 Å². The molecule has 144 valence electrons. The van der Waals surface area contributed by atoms with Crippen LogP contribution in [-0.2, 0) is 21.4 Å². The monoisotopic (exact) mass is 395 g/mol. The maximum atomic E-state index is 12.9. The molecule has 6 heteroatoms. The number of hydrogen-bond donors (Lipinski definition) is 0. The first-order chi connectivity index (χ1) is 13.4. The molecule has 0 fully saturated rings. The van der Waals surface area contributed by atoms with Gasteiger partial charge in [0.25, 0.3) is 10.0 Å². The third kappa shape index (κ3) is 4.40. The van der Waals surface area contributed by atoms with Gasteiger partial charge in [0.1, 0.15) is 6.61 Å². The number of carbonyl (C=O) groups is 1. The molecule has 0 spiro atoms. The van der Waals surface area contributed by atoms with Crippen LogP contribution in [0.3, 0.4) is 0 Å². The molecule has 28 heavy (non-hydrogen) atoms. The van der Waals surface area contributed by atoms with Gasteiger partial charge in [0.2, 0.25) is 0 Å². The van der Waals surface area contributed by atoms with E-state index in [1.165, 1.54) is 29.6 Å². The summed E-state index contributed by atoms with van der Waals surface area (Å²) in [5.74, 6) is -0.569. The van der Waals surface area contributed by atoms with Gasteiger partial charge in [-0.15, -0.1) is 0 Å². The topological polar surface area (TPSA) is 63.7 Å². The zero-order chi connectivity index (χ0) is 20.1. The fraction of sp³-hybridized carbons (Fsp3) is 0.136. The minimum atomic E-state index is -3.79. The lowest BCUT2D eigenvalue weighted by atomic mass is 10.2. The molecule has 3 aromatic rings. The number of esters is 1. The predicted octanol–water partition coefficient (Wildman–Crippen LogP) is 4.18. The van der Waals surface area contributed by atoms with E-state index in [-0.39, 0.29) is 17.1 Å². The molecule has 0 saturated carbocycles. The summed E-state index contributed by atoms with van der Waals surface area (Å²) in [4.78, 5) is 12.4. The molecule has 0 N–H and O–H groups in total. The highest BCUT2D eigenvalue weighted by molar-refractivity contribution is 7.92. The molecule has 3 aromatic carbocycles. The maximum absolute atomic E-state index is 12.9. The number of carbonyl (C=O) groups excluding carboxylic acids is 1. The molecule has 0 heterocycles. The van der Waals surface area contributed by atoms with Crippen LogP contribution in [0.15, 0.2) is 83.8 Å². The number of rotatable bonds is 6. The molecule has 0 aromatic heterocycles. The van der Waals surface area contributed by atoms with Gasteiger partial charge in [0.15, 0.2) is 0 Å². The maximum Gasteiger partial charge on any atom is 0.338 e. The predicted molar refractivity (Wildman–Crippen MR) is 109 cm³/mol. The van der Waals surface area contributed by atoms with Gasteiger partial charge >= 0.3 is 5.97 Å². The third-order valence-corrected chi connectivity index (χ3v) is 6.12. The Labute approximate surface area is 165 Å². The van der Waals surface area contributed by atoms with Crippen molar-refractivity contribution >= 4 is 21.7 Å². The number of benzene rings is 3. The standard InChI is InChI=1S/C22H21NO4S/c1-17-11-13-18(14-12-17)16-27-22(24)19-7-6-10-21(15-19)28(25,26)23(2)20-8-4-3-5-9-20/h3-15H,16H2,1-2H3. The fourth-order valence-electron chi connectivity index (χ4n) is 2.63. The number of aryl methyl sites for hydroxylation is 1. The van der Waals surface area contributed by atoms with E-state index in [4.69, 9.17) is 4.74 Å². The van der Waals surface area contributed by atoms with E-state index < -0.39 is 16.0 Å². The van der Waals surface area contributed by atoms with Crippen molar-refractivity contribution in [3.63, 3.8) is 0 Å². The lowest BCUT2D eigenvalue weighted by Gasteiger charge is -2.19. The van der Waals surface area contributed by atoms with Crippen molar-refractivity contribution in [2.75, 3.05) is 11.4 Å². The second-order valence-electron chi connectivity index (χ2n) is 6.40. The second kappa shape index (κ2) is 8.27. The van der Waals surface area contributed by atoms with Gasteiger partial charge in [-0.2, -0.15) is 0 Å². The van der Waals surface area contributed by atoms with Crippen LogP contribution in [0, 0.1) is 6.92 Å². The second-order valence-corrected chi connectivity index (χ2v) is 8.37. The Kier molecular flexibility index (Phi) is 5.80. The van der Waals surface area contributed by atoms with Crippen molar-refractivity contribution in [3.8, 4) is 0 Å². The number of sulfonamides is 1. The van der Waals surface area contributed by atoms with Gasteiger partial charge in [0, 0.05) is 7.05 Å². The number of para-hydroxylation sites is 1. The largest absolute Gasteiger partial charge is 0.457 e. The van der Waals surface area contributed by atoms with Crippen molar-refractivity contribution in [1.29, 1.82) is 0 Å². The SMILES string of the molecule is Cc1ccc(COC(=O)c2cccc(S(=O)(=O)N(C)c3ccccc3)c2)cc1. The summed E-state index contributed by atoms with van der Waals surface area (Å²) in [7, 11) is -2.32. The van der Waals surface area contributed by atoms with Gasteiger partial charge in [-0.05, 0) is 42.8 Å². The van der Waals surface area contributed by atoms with E-state index in [1.54, 1.807) is 30.3 Å². The minimum absolute atomic E-state index is 0.0311. The van der Waals surface area contributed by atoms with E-state index in [1.807, 2.05) is 37.3 Å². The Balaban J connectivity index is 1.77. The highest BCUT2D eigenvalue weighted by Crippen LogP contribution is 2.22. The zero-order valence-corrected chi connectivity index (χ0v) is 16.5. The van der Waals surface area contributed by atoms with Gasteiger partial charge in [-0.1, -0.05) is 54.1 Å². The molecule has 5 nitrogen and oxygen atoms in total. The molecule has 0 aliphatic carbocycles. The Hall–Kier alpha value is -3.12. The van der Waals surface area contributed by atoms with Crippen LogP contribution in [-0.4, -0.2) is 21.4 Å². The Morgan fingerprint density at radius 2 is 1.61 bits per heavy atom. The van der Waals surface area contributed by atoms with Crippen LogP contribution in [0.5, 0.6) is 0 Å². The van der Waals surface area contributed by atoms with Crippen LogP contribution >= 0.6 is 0 Å². The van der Waals surface area contributed by atoms with Gasteiger partial charge < -0.3 is 4.74 Å². The molecule has 0 aliphatic heterocycles. The molecule has 0 saturated heterocycles. The Morgan fingerprint density at radius 1 is 0.929 bits per heavy atom. The van der Waals surface area contributed by atoms with Gasteiger partial charge in [-0.3, -0.25) is 4.31 Å². The molecule has 0 atom stereocenters. The normalized spacial score (nSPS) is 11.1. The molecule has 0 unspecified atom stereocenters. The molecular formula is C22H21NO4S. The summed E-state index contributed by atoms with van der Waals surface area (Å²) in [6, 6.07) is 22.3. The van der Waals surface area contributed by atoms with E-state index >= 15 is 0 Å². The molecule has 3 rings (SSSR count). The highest BCUT2D eigenvalue weighted by Gasteiger charge is 2.22. The summed E-state index contributed by atoms with van der Waals surface area (Å²) in [5.41, 5.74) is 2.71. The van der Waals surface area contributed by atoms with Crippen molar-refractivity contribution in [1.82, 2.24) is 0 Å². The highest BCUT2D eigenvalue weighted by atomic mass is 32.2. The lowest BCUT2D eigenvalue weighted by molar-refractivity contribution is 0.0472. The van der Waals surface area contributed by atoms with E-state index in [2.05, 4.69) is 0 Å². The first kappa shape index (κ1) is 19.6. The number of ether oxygens (including phenoxy) is 1. The van der Waals surface area contributed by atoms with Crippen LogP contribution in [0.1, 0.15) is 21.5 Å². The average Bonchev–Trinajstić information content (AvgIpc) is 2.73. The summed E-state index contributed by atoms with van der Waals surface area (Å²) in [6.45, 7) is 2.11. The van der Waals surface area contributed by atoms with Crippen molar-refractivity contribution in [2.45, 2.75) is 18.4 Å². The Morgan fingerprint density at radius 3 is 2.29 bits per heavy atom. The summed E-state index contributed by atoms with van der Waals surface area (Å²) in [5, 5.41) is 0. The summed E-state index contributed by atoms with van der Waals surface area (Å²) >= 11 is 0. The molecule has 0 radical (unpaired) electrons. The summed E-state index contributed by atoms with van der Waals surface area (Å²) in [6.07, 6.45) is 0. The first-order valence-electron chi connectivity index (χ1n) is 8.74. The van der Waals surface area contributed by atoms with Crippen LogP contribution in [0.25, 0.3) is 0 Å². The Bertz CT molecular complexity index is 1060. The average molecular weight is 395 g/mol. The van der Waals surface area contributed by atoms with Crippen LogP contribution in [0.2, 0.25) is 0 Å². The minimum Gasteiger partial charge on any atom is -0.457 e. The summed E-state index contributed by atoms with van der Waals surface area (Å²) < 4.78 is 32.3. The quantitative estimate of drug-likeness (QED) is 0.588. The number of nitrogens with zero attached hydrogens (tertiary/aromatic N) is 1. The smallest absolute Gasteiger partial charge is 0.338 e. The number of hydrogen-bond acceptors (Lipinski definition) is 4. The molecule has 0 amide bonds. The first-order valence-corrected chi connectivity index (χ1v) is 10.2. The van der Waals surface area contributed by atoms with Gasteiger partial charge in [0.05, 0.1) is 16.1 Å². The lowest BCUT2D eigenvalue weighted by Crippen LogP contribution is -2.26. The van der Waals surface area contributed by atoms with E-state index in [0.717, 1.165) is 11.1 Å². The third-order valence-electron chi connectivity index (χ3n) is 4.34. The van der Waals surface area contributed by atoms with Crippen LogP contribution < -0.4 is 4.31 Å². The van der Waals surface area contributed by atoms with Crippen molar-refractivity contribution in [2.24, 2.45) is 0 Å². The van der Waals surface area contributed by atoms with E-state index in [9.17, 15) is 13.2 Å². The zero-order valence-electron chi connectivity index (χ0n) is 15.7. The number of anilines is 1. The molecular weight excluding hydrogens is 374 g/mol.